The van der Waals surface area contributed by atoms with Crippen molar-refractivity contribution >= 4 is 28.8 Å². The van der Waals surface area contributed by atoms with E-state index >= 15 is 0 Å². The number of hydrogen-bond donors (Lipinski definition) is 1. The average molecular weight is 541 g/mol. The maximum absolute atomic E-state index is 13.5. The first-order valence-electron chi connectivity index (χ1n) is 14.1. The highest BCUT2D eigenvalue weighted by Crippen LogP contribution is 2.43. The van der Waals surface area contributed by atoms with Gasteiger partial charge in [0.05, 0.1) is 18.2 Å². The molecular formula is C34H40N2O4. The number of aliphatic hydroxyl groups is 1. The number of carbonyl (C=O) groups is 2. The fraction of sp³-hybridized carbons (Fsp3) is 0.353. The first-order chi connectivity index (χ1) is 19.2. The Labute approximate surface area is 237 Å². The number of anilines is 2. The van der Waals surface area contributed by atoms with Gasteiger partial charge in [-0.25, -0.2) is 0 Å². The molecule has 6 heteroatoms. The molecular weight excluding hydrogens is 500 g/mol. The van der Waals surface area contributed by atoms with E-state index in [9.17, 15) is 14.7 Å². The van der Waals surface area contributed by atoms with Gasteiger partial charge < -0.3 is 14.7 Å². The van der Waals surface area contributed by atoms with Gasteiger partial charge in [0.2, 0.25) is 0 Å². The van der Waals surface area contributed by atoms with E-state index in [2.05, 4.69) is 46.4 Å². The monoisotopic (exact) mass is 540 g/mol. The van der Waals surface area contributed by atoms with Crippen molar-refractivity contribution < 1.29 is 19.4 Å². The summed E-state index contributed by atoms with van der Waals surface area (Å²) in [6.45, 7) is 14.9. The Morgan fingerprint density at radius 1 is 0.875 bits per heavy atom. The summed E-state index contributed by atoms with van der Waals surface area (Å²) < 4.78 is 5.78. The van der Waals surface area contributed by atoms with Crippen LogP contribution in [0.4, 0.5) is 11.4 Å². The van der Waals surface area contributed by atoms with Crippen LogP contribution in [0.15, 0.2) is 78.4 Å². The van der Waals surface area contributed by atoms with E-state index in [0.29, 0.717) is 35.4 Å². The Hall–Kier alpha value is -4.06. The van der Waals surface area contributed by atoms with Crippen LogP contribution in [0.2, 0.25) is 0 Å². The van der Waals surface area contributed by atoms with E-state index in [1.807, 2.05) is 48.5 Å². The van der Waals surface area contributed by atoms with E-state index in [0.717, 1.165) is 29.9 Å². The van der Waals surface area contributed by atoms with Gasteiger partial charge in [0.15, 0.2) is 0 Å². The number of rotatable bonds is 10. The van der Waals surface area contributed by atoms with Crippen molar-refractivity contribution in [1.29, 1.82) is 0 Å². The van der Waals surface area contributed by atoms with E-state index in [1.54, 1.807) is 24.3 Å². The van der Waals surface area contributed by atoms with Gasteiger partial charge in [-0.1, -0.05) is 52.0 Å². The molecule has 1 atom stereocenters. The Balaban J connectivity index is 1.81. The topological polar surface area (TPSA) is 70.1 Å². The van der Waals surface area contributed by atoms with Crippen LogP contribution in [-0.2, 0) is 9.59 Å². The summed E-state index contributed by atoms with van der Waals surface area (Å²) in [5, 5.41) is 11.5. The Kier molecular flexibility index (Phi) is 8.98. The molecule has 1 aliphatic rings. The van der Waals surface area contributed by atoms with Gasteiger partial charge in [0.1, 0.15) is 11.5 Å². The summed E-state index contributed by atoms with van der Waals surface area (Å²) in [6.07, 6.45) is 0. The number of carbonyl (C=O) groups excluding carboxylic acids is 2. The van der Waals surface area contributed by atoms with Crippen molar-refractivity contribution in [1.82, 2.24) is 0 Å². The molecule has 0 bridgehead atoms. The lowest BCUT2D eigenvalue weighted by molar-refractivity contribution is -0.132. The standard InChI is InChI=1S/C34H40N2O4/c1-7-35(8-2)27-15-11-25(12-16-27)31-30(32(37)26-13-19-29(20-14-26)40-21-22(3)4)33(38)34(39)36(31)28-17-9-24(10-18-28)23(5)6/h9-20,22-23,31,37H,7-8,21H2,1-6H3/b32-30-. The summed E-state index contributed by atoms with van der Waals surface area (Å²) in [6, 6.07) is 21.8. The quantitative estimate of drug-likeness (QED) is 0.166. The van der Waals surface area contributed by atoms with E-state index < -0.39 is 17.7 Å². The fourth-order valence-electron chi connectivity index (χ4n) is 5.02. The highest BCUT2D eigenvalue weighted by Gasteiger charge is 2.47. The summed E-state index contributed by atoms with van der Waals surface area (Å²) in [4.78, 5) is 30.8. The minimum atomic E-state index is -0.771. The minimum Gasteiger partial charge on any atom is -0.507 e. The maximum Gasteiger partial charge on any atom is 0.300 e. The van der Waals surface area contributed by atoms with Crippen molar-refractivity contribution in [2.24, 2.45) is 5.92 Å². The van der Waals surface area contributed by atoms with Crippen LogP contribution in [0.3, 0.4) is 0 Å². The number of nitrogens with zero attached hydrogens (tertiary/aromatic N) is 2. The van der Waals surface area contributed by atoms with Gasteiger partial charge in [0.25, 0.3) is 11.7 Å². The van der Waals surface area contributed by atoms with Gasteiger partial charge in [0, 0.05) is 30.0 Å². The van der Waals surface area contributed by atoms with Gasteiger partial charge in [-0.15, -0.1) is 0 Å². The fourth-order valence-corrected chi connectivity index (χ4v) is 5.02. The van der Waals surface area contributed by atoms with E-state index in [4.69, 9.17) is 4.74 Å². The summed E-state index contributed by atoms with van der Waals surface area (Å²) in [7, 11) is 0. The van der Waals surface area contributed by atoms with Crippen LogP contribution >= 0.6 is 0 Å². The highest BCUT2D eigenvalue weighted by atomic mass is 16.5. The SMILES string of the molecule is CCN(CC)c1ccc(C2/C(=C(/O)c3ccc(OCC(C)C)cc3)C(=O)C(=O)N2c2ccc(C(C)C)cc2)cc1. The zero-order chi connectivity index (χ0) is 29.0. The molecule has 3 aromatic rings. The molecule has 0 spiro atoms. The molecule has 0 radical (unpaired) electrons. The Morgan fingerprint density at radius 3 is 2.00 bits per heavy atom. The third-order valence-corrected chi connectivity index (χ3v) is 7.33. The third-order valence-electron chi connectivity index (χ3n) is 7.33. The smallest absolute Gasteiger partial charge is 0.300 e. The molecule has 1 N–H and O–H groups in total. The second-order valence-electron chi connectivity index (χ2n) is 10.9. The lowest BCUT2D eigenvalue weighted by Crippen LogP contribution is -2.29. The lowest BCUT2D eigenvalue weighted by Gasteiger charge is -2.27. The molecule has 0 saturated carbocycles. The summed E-state index contributed by atoms with van der Waals surface area (Å²) >= 11 is 0. The lowest BCUT2D eigenvalue weighted by atomic mass is 9.94. The molecule has 1 unspecified atom stereocenters. The van der Waals surface area contributed by atoms with Crippen molar-refractivity contribution in [3.63, 3.8) is 0 Å². The number of hydrogen-bond acceptors (Lipinski definition) is 5. The Bertz CT molecular complexity index is 1350. The van der Waals surface area contributed by atoms with Crippen molar-refractivity contribution in [2.45, 2.75) is 53.5 Å². The highest BCUT2D eigenvalue weighted by molar-refractivity contribution is 6.51. The molecule has 210 valence electrons. The van der Waals surface area contributed by atoms with Gasteiger partial charge >= 0.3 is 0 Å². The molecule has 6 nitrogen and oxygen atoms in total. The number of Topliss-reactive ketones (excluding diaryl/α,β-unsaturated/α-hetero) is 1. The van der Waals surface area contributed by atoms with E-state index in [-0.39, 0.29) is 11.3 Å². The number of ketones is 1. The van der Waals surface area contributed by atoms with Gasteiger partial charge in [-0.2, -0.15) is 0 Å². The number of ether oxygens (including phenoxy) is 1. The predicted molar refractivity (Wildman–Crippen MR) is 162 cm³/mol. The first kappa shape index (κ1) is 28.9. The van der Waals surface area contributed by atoms with Crippen LogP contribution in [0.25, 0.3) is 5.76 Å². The predicted octanol–water partition coefficient (Wildman–Crippen LogP) is 7.32. The Morgan fingerprint density at radius 2 is 1.48 bits per heavy atom. The second-order valence-corrected chi connectivity index (χ2v) is 10.9. The largest absolute Gasteiger partial charge is 0.507 e. The molecule has 1 aliphatic heterocycles. The summed E-state index contributed by atoms with van der Waals surface area (Å²) in [5.41, 5.74) is 4.09. The molecule has 4 rings (SSSR count). The maximum atomic E-state index is 13.5. The molecule has 0 aliphatic carbocycles. The molecule has 3 aromatic carbocycles. The molecule has 1 heterocycles. The van der Waals surface area contributed by atoms with Crippen molar-refractivity contribution in [2.75, 3.05) is 29.5 Å². The molecule has 1 fully saturated rings. The van der Waals surface area contributed by atoms with Crippen LogP contribution in [0.5, 0.6) is 5.75 Å². The first-order valence-corrected chi connectivity index (χ1v) is 14.1. The number of benzene rings is 3. The van der Waals surface area contributed by atoms with Crippen molar-refractivity contribution in [3.8, 4) is 5.75 Å². The van der Waals surface area contributed by atoms with Crippen LogP contribution in [0, 0.1) is 5.92 Å². The zero-order valence-electron chi connectivity index (χ0n) is 24.3. The van der Waals surface area contributed by atoms with Crippen molar-refractivity contribution in [3.05, 3.63) is 95.1 Å². The number of amides is 1. The second kappa shape index (κ2) is 12.4. The summed E-state index contributed by atoms with van der Waals surface area (Å²) in [5.74, 6) is -0.170. The molecule has 1 saturated heterocycles. The van der Waals surface area contributed by atoms with Gasteiger partial charge in [-0.05, 0) is 85.3 Å². The normalized spacial score (nSPS) is 16.7. The molecule has 1 amide bonds. The molecule has 0 aromatic heterocycles. The van der Waals surface area contributed by atoms with Crippen LogP contribution in [0.1, 0.15) is 70.2 Å². The minimum absolute atomic E-state index is 0.0735. The molecule has 40 heavy (non-hydrogen) atoms. The average Bonchev–Trinajstić information content (AvgIpc) is 3.22. The van der Waals surface area contributed by atoms with E-state index in [1.165, 1.54) is 4.90 Å². The third kappa shape index (κ3) is 5.91. The number of aliphatic hydroxyl groups excluding tert-OH is 1. The van der Waals surface area contributed by atoms with Crippen LogP contribution < -0.4 is 14.5 Å². The zero-order valence-corrected chi connectivity index (χ0v) is 24.3. The van der Waals surface area contributed by atoms with Gasteiger partial charge in [-0.3, -0.25) is 14.5 Å². The van der Waals surface area contributed by atoms with Crippen LogP contribution in [-0.4, -0.2) is 36.5 Å².